The van der Waals surface area contributed by atoms with Crippen molar-refractivity contribution in [2.45, 2.75) is 51.6 Å². The molecule has 0 saturated carbocycles. The second kappa shape index (κ2) is 12.1. The molecule has 1 amide bonds. The van der Waals surface area contributed by atoms with Crippen LogP contribution in [0.1, 0.15) is 45.4 Å². The van der Waals surface area contributed by atoms with Gasteiger partial charge in [-0.15, -0.1) is 0 Å². The van der Waals surface area contributed by atoms with Crippen LogP contribution in [0.25, 0.3) is 0 Å². The van der Waals surface area contributed by atoms with Gasteiger partial charge >= 0.3 is 0 Å². The first-order valence-corrected chi connectivity index (χ1v) is 9.79. The SMILES string of the molecule is CCNC(=NCCCN1CCCC1=O)NCCCOCC1CCCO1. The van der Waals surface area contributed by atoms with Gasteiger partial charge in [-0.2, -0.15) is 0 Å². The lowest BCUT2D eigenvalue weighted by Gasteiger charge is -2.15. The highest BCUT2D eigenvalue weighted by molar-refractivity contribution is 5.79. The van der Waals surface area contributed by atoms with Gasteiger partial charge in [-0.05, 0) is 39.0 Å². The third kappa shape index (κ3) is 8.05. The number of nitrogens with zero attached hydrogens (tertiary/aromatic N) is 2. The summed E-state index contributed by atoms with van der Waals surface area (Å²) in [6.45, 7) is 8.52. The summed E-state index contributed by atoms with van der Waals surface area (Å²) < 4.78 is 11.2. The van der Waals surface area contributed by atoms with Gasteiger partial charge in [0, 0.05) is 52.4 Å². The largest absolute Gasteiger partial charge is 0.379 e. The van der Waals surface area contributed by atoms with Gasteiger partial charge in [0.1, 0.15) is 0 Å². The van der Waals surface area contributed by atoms with Crippen LogP contribution in [0.5, 0.6) is 0 Å². The molecule has 1 atom stereocenters. The van der Waals surface area contributed by atoms with Crippen LogP contribution in [-0.2, 0) is 14.3 Å². The van der Waals surface area contributed by atoms with Crippen LogP contribution in [0.2, 0.25) is 0 Å². The third-order valence-corrected chi connectivity index (χ3v) is 4.46. The summed E-state index contributed by atoms with van der Waals surface area (Å²) in [5.41, 5.74) is 0. The van der Waals surface area contributed by atoms with Gasteiger partial charge in [0.15, 0.2) is 5.96 Å². The van der Waals surface area contributed by atoms with Gasteiger partial charge in [0.2, 0.25) is 5.91 Å². The van der Waals surface area contributed by atoms with Gasteiger partial charge in [0.05, 0.1) is 12.7 Å². The maximum atomic E-state index is 11.6. The summed E-state index contributed by atoms with van der Waals surface area (Å²) in [7, 11) is 0. The summed E-state index contributed by atoms with van der Waals surface area (Å²) in [6.07, 6.45) is 6.15. The Morgan fingerprint density at radius 3 is 3.00 bits per heavy atom. The summed E-state index contributed by atoms with van der Waals surface area (Å²) in [5.74, 6) is 1.13. The summed E-state index contributed by atoms with van der Waals surface area (Å²) in [5, 5.41) is 6.59. The van der Waals surface area contributed by atoms with Crippen molar-refractivity contribution in [3.05, 3.63) is 0 Å². The number of hydrogen-bond donors (Lipinski definition) is 2. The number of carbonyl (C=O) groups excluding carboxylic acids is 1. The molecule has 0 spiro atoms. The number of hydrogen-bond acceptors (Lipinski definition) is 4. The molecule has 2 N–H and O–H groups in total. The second-order valence-corrected chi connectivity index (χ2v) is 6.59. The Balaban J connectivity index is 1.51. The lowest BCUT2D eigenvalue weighted by molar-refractivity contribution is -0.127. The molecule has 144 valence electrons. The summed E-state index contributed by atoms with van der Waals surface area (Å²) in [4.78, 5) is 18.1. The number of aliphatic imine (C=N–C) groups is 1. The fourth-order valence-corrected chi connectivity index (χ4v) is 3.11. The lowest BCUT2D eigenvalue weighted by atomic mass is 10.2. The zero-order chi connectivity index (χ0) is 17.7. The van der Waals surface area contributed by atoms with Crippen LogP contribution >= 0.6 is 0 Å². The number of amides is 1. The number of likely N-dealkylation sites (tertiary alicyclic amines) is 1. The van der Waals surface area contributed by atoms with Gasteiger partial charge in [-0.25, -0.2) is 0 Å². The summed E-state index contributed by atoms with van der Waals surface area (Å²) >= 11 is 0. The number of ether oxygens (including phenoxy) is 2. The Labute approximate surface area is 151 Å². The van der Waals surface area contributed by atoms with Gasteiger partial charge in [-0.3, -0.25) is 9.79 Å². The highest BCUT2D eigenvalue weighted by Gasteiger charge is 2.18. The van der Waals surface area contributed by atoms with Crippen LogP contribution in [-0.4, -0.2) is 75.4 Å². The molecular formula is C18H34N4O3. The Morgan fingerprint density at radius 1 is 1.36 bits per heavy atom. The van der Waals surface area contributed by atoms with Crippen LogP contribution in [0, 0.1) is 0 Å². The van der Waals surface area contributed by atoms with Gasteiger partial charge < -0.3 is 25.0 Å². The molecule has 2 saturated heterocycles. The first-order chi connectivity index (χ1) is 12.3. The molecule has 2 aliphatic rings. The van der Waals surface area contributed by atoms with Crippen LogP contribution in [0.15, 0.2) is 4.99 Å². The van der Waals surface area contributed by atoms with E-state index in [1.54, 1.807) is 0 Å². The van der Waals surface area contributed by atoms with Crippen molar-refractivity contribution in [1.29, 1.82) is 0 Å². The average Bonchev–Trinajstić information content (AvgIpc) is 3.26. The van der Waals surface area contributed by atoms with Crippen LogP contribution in [0.4, 0.5) is 0 Å². The number of nitrogens with one attached hydrogen (secondary N) is 2. The van der Waals surface area contributed by atoms with E-state index in [2.05, 4.69) is 22.5 Å². The van der Waals surface area contributed by atoms with Crippen LogP contribution in [0.3, 0.4) is 0 Å². The van der Waals surface area contributed by atoms with E-state index in [0.717, 1.165) is 84.0 Å². The minimum atomic E-state index is 0.289. The monoisotopic (exact) mass is 354 g/mol. The van der Waals surface area contributed by atoms with Crippen molar-refractivity contribution in [2.24, 2.45) is 4.99 Å². The molecule has 2 aliphatic heterocycles. The molecule has 7 nitrogen and oxygen atoms in total. The van der Waals surface area contributed by atoms with Crippen molar-refractivity contribution in [2.75, 3.05) is 52.5 Å². The van der Waals surface area contributed by atoms with E-state index in [-0.39, 0.29) is 5.91 Å². The maximum absolute atomic E-state index is 11.6. The molecule has 0 radical (unpaired) electrons. The highest BCUT2D eigenvalue weighted by Crippen LogP contribution is 2.12. The standard InChI is InChI=1S/C18H34N4O3/c1-2-19-18(20-9-5-12-22-11-3-8-17(22)23)21-10-6-13-24-15-16-7-4-14-25-16/h16H,2-15H2,1H3,(H2,19,20,21). The molecule has 2 fully saturated rings. The molecule has 0 aromatic rings. The Bertz CT molecular complexity index is 411. The molecule has 25 heavy (non-hydrogen) atoms. The predicted octanol–water partition coefficient (Wildman–Crippen LogP) is 1.14. The van der Waals surface area contributed by atoms with Crippen molar-refractivity contribution >= 4 is 11.9 Å². The Morgan fingerprint density at radius 2 is 2.28 bits per heavy atom. The van der Waals surface area contributed by atoms with E-state index < -0.39 is 0 Å². The van der Waals surface area contributed by atoms with E-state index in [1.807, 2.05) is 4.90 Å². The predicted molar refractivity (Wildman–Crippen MR) is 98.8 cm³/mol. The lowest BCUT2D eigenvalue weighted by Crippen LogP contribution is -2.38. The first kappa shape index (κ1) is 20.0. The van der Waals surface area contributed by atoms with Crippen molar-refractivity contribution in [3.8, 4) is 0 Å². The molecule has 7 heteroatoms. The van der Waals surface area contributed by atoms with Crippen LogP contribution < -0.4 is 10.6 Å². The Kier molecular flexibility index (Phi) is 9.66. The van der Waals surface area contributed by atoms with Gasteiger partial charge in [-0.1, -0.05) is 0 Å². The maximum Gasteiger partial charge on any atom is 0.222 e. The fourth-order valence-electron chi connectivity index (χ4n) is 3.11. The quantitative estimate of drug-likeness (QED) is 0.331. The van der Waals surface area contributed by atoms with E-state index in [4.69, 9.17) is 9.47 Å². The Hall–Kier alpha value is -1.34. The number of guanidine groups is 1. The molecule has 1 unspecified atom stereocenters. The van der Waals surface area contributed by atoms with E-state index >= 15 is 0 Å². The molecule has 2 rings (SSSR count). The van der Waals surface area contributed by atoms with Gasteiger partial charge in [0.25, 0.3) is 0 Å². The second-order valence-electron chi connectivity index (χ2n) is 6.59. The average molecular weight is 354 g/mol. The van der Waals surface area contributed by atoms with E-state index in [9.17, 15) is 4.79 Å². The fraction of sp³-hybridized carbons (Fsp3) is 0.889. The molecular weight excluding hydrogens is 320 g/mol. The number of rotatable bonds is 11. The minimum absolute atomic E-state index is 0.289. The smallest absolute Gasteiger partial charge is 0.222 e. The number of carbonyl (C=O) groups is 1. The molecule has 0 aromatic carbocycles. The van der Waals surface area contributed by atoms with Crippen molar-refractivity contribution in [1.82, 2.24) is 15.5 Å². The zero-order valence-corrected chi connectivity index (χ0v) is 15.6. The molecule has 2 heterocycles. The highest BCUT2D eigenvalue weighted by atomic mass is 16.5. The van der Waals surface area contributed by atoms with E-state index in [1.165, 1.54) is 0 Å². The molecule has 0 aromatic heterocycles. The van der Waals surface area contributed by atoms with E-state index in [0.29, 0.717) is 19.1 Å². The topological polar surface area (TPSA) is 75.2 Å². The first-order valence-electron chi connectivity index (χ1n) is 9.79. The molecule has 0 aliphatic carbocycles. The molecule has 0 bridgehead atoms. The normalized spacial score (nSPS) is 21.2. The van der Waals surface area contributed by atoms with Crippen molar-refractivity contribution < 1.29 is 14.3 Å². The minimum Gasteiger partial charge on any atom is -0.379 e. The zero-order valence-electron chi connectivity index (χ0n) is 15.6. The summed E-state index contributed by atoms with van der Waals surface area (Å²) in [6, 6.07) is 0. The van der Waals surface area contributed by atoms with Crippen molar-refractivity contribution in [3.63, 3.8) is 0 Å². The third-order valence-electron chi connectivity index (χ3n) is 4.46.